The molecular weight excluding hydrogens is 212 g/mol. The molecule has 0 bridgehead atoms. The van der Waals surface area contributed by atoms with E-state index in [0.29, 0.717) is 0 Å². The lowest BCUT2D eigenvalue weighted by atomic mass is 10.2. The van der Waals surface area contributed by atoms with Gasteiger partial charge in [-0.25, -0.2) is 4.39 Å². The molecule has 0 spiro atoms. The number of halogens is 6. The summed E-state index contributed by atoms with van der Waals surface area (Å²) in [6, 6.07) is 0. The summed E-state index contributed by atoms with van der Waals surface area (Å²) >= 11 is 0. The molecule has 0 heterocycles. The Labute approximate surface area is 76.8 Å². The summed E-state index contributed by atoms with van der Waals surface area (Å²) in [6.45, 7) is 2.33. The van der Waals surface area contributed by atoms with Crippen LogP contribution in [0.4, 0.5) is 26.3 Å². The van der Waals surface area contributed by atoms with Gasteiger partial charge in [0.2, 0.25) is 0 Å². The Hall–Kier alpha value is -0.880. The van der Waals surface area contributed by atoms with Crippen LogP contribution in [0.15, 0.2) is 11.5 Å². The first-order valence-corrected chi connectivity index (χ1v) is 3.69. The zero-order valence-electron chi connectivity index (χ0n) is 7.47. The zero-order chi connectivity index (χ0) is 11.6. The maximum Gasteiger partial charge on any atom is 0.460 e. The van der Waals surface area contributed by atoms with E-state index in [1.54, 1.807) is 0 Å². The van der Waals surface area contributed by atoms with Gasteiger partial charge in [-0.3, -0.25) is 0 Å². The molecule has 0 saturated carbocycles. The minimum absolute atomic E-state index is 0.0627. The number of allylic oxidation sites excluding steroid dienone is 2. The molecule has 7 heteroatoms. The summed E-state index contributed by atoms with van der Waals surface area (Å²) in [5.74, 6) is -7.92. The Bertz CT molecular complexity index is 229. The van der Waals surface area contributed by atoms with Gasteiger partial charge in [0.15, 0.2) is 5.83 Å². The van der Waals surface area contributed by atoms with Crippen molar-refractivity contribution >= 4 is 0 Å². The lowest BCUT2D eigenvalue weighted by Gasteiger charge is -2.19. The van der Waals surface area contributed by atoms with Gasteiger partial charge in [-0.15, -0.1) is 0 Å². The van der Waals surface area contributed by atoms with Crippen molar-refractivity contribution in [1.82, 2.24) is 5.32 Å². The second-order valence-electron chi connectivity index (χ2n) is 2.54. The molecule has 84 valence electrons. The topological polar surface area (TPSA) is 12.0 Å². The molecule has 1 nitrogen and oxygen atoms in total. The van der Waals surface area contributed by atoms with Crippen LogP contribution in [0.25, 0.3) is 0 Å². The van der Waals surface area contributed by atoms with Crippen LogP contribution < -0.4 is 5.32 Å². The molecule has 0 aliphatic carbocycles. The Morgan fingerprint density at radius 3 is 1.86 bits per heavy atom. The third-order valence-electron chi connectivity index (χ3n) is 1.40. The van der Waals surface area contributed by atoms with Gasteiger partial charge in [-0.1, -0.05) is 0 Å². The fraction of sp³-hybridized carbons (Fsp3) is 0.714. The summed E-state index contributed by atoms with van der Waals surface area (Å²) in [5, 5.41) is 2.05. The molecule has 1 N–H and O–H groups in total. The second-order valence-corrected chi connectivity index (χ2v) is 2.54. The van der Waals surface area contributed by atoms with Gasteiger partial charge in [-0.2, -0.15) is 22.0 Å². The maximum absolute atomic E-state index is 12.6. The van der Waals surface area contributed by atoms with Gasteiger partial charge < -0.3 is 5.32 Å². The van der Waals surface area contributed by atoms with E-state index in [4.69, 9.17) is 0 Å². The van der Waals surface area contributed by atoms with E-state index in [0.717, 1.165) is 6.92 Å². The average molecular weight is 221 g/mol. The number of alkyl halides is 5. The van der Waals surface area contributed by atoms with E-state index in [1.807, 2.05) is 5.32 Å². The fourth-order valence-corrected chi connectivity index (χ4v) is 0.703. The Morgan fingerprint density at radius 2 is 1.57 bits per heavy atom. The van der Waals surface area contributed by atoms with Crippen LogP contribution in [0.3, 0.4) is 0 Å². The van der Waals surface area contributed by atoms with Crippen LogP contribution in [0.5, 0.6) is 0 Å². The molecule has 0 aromatic rings. The van der Waals surface area contributed by atoms with Gasteiger partial charge in [0.1, 0.15) is 0 Å². The van der Waals surface area contributed by atoms with Gasteiger partial charge in [-0.05, 0) is 13.8 Å². The van der Waals surface area contributed by atoms with Crippen LogP contribution in [0.2, 0.25) is 0 Å². The number of nitrogens with one attached hydrogen (secondary N) is 1. The van der Waals surface area contributed by atoms with Crippen molar-refractivity contribution in [3.05, 3.63) is 11.5 Å². The van der Waals surface area contributed by atoms with Gasteiger partial charge >= 0.3 is 12.1 Å². The molecule has 0 aromatic heterocycles. The minimum Gasteiger partial charge on any atom is -0.387 e. The Kier molecular flexibility index (Phi) is 3.84. The SMILES string of the molecule is CCNC(C)=C(F)C(F)(F)C(F)(F)F. The largest absolute Gasteiger partial charge is 0.460 e. The van der Waals surface area contributed by atoms with Crippen molar-refractivity contribution in [3.8, 4) is 0 Å². The first-order valence-electron chi connectivity index (χ1n) is 3.69. The number of hydrogen-bond donors (Lipinski definition) is 1. The molecule has 0 radical (unpaired) electrons. The van der Waals surface area contributed by atoms with Crippen molar-refractivity contribution < 1.29 is 26.3 Å². The fourth-order valence-electron chi connectivity index (χ4n) is 0.703. The van der Waals surface area contributed by atoms with E-state index in [-0.39, 0.29) is 6.54 Å². The normalized spacial score (nSPS) is 15.1. The van der Waals surface area contributed by atoms with Crippen molar-refractivity contribution in [2.24, 2.45) is 0 Å². The van der Waals surface area contributed by atoms with Crippen molar-refractivity contribution in [3.63, 3.8) is 0 Å². The number of rotatable bonds is 3. The van der Waals surface area contributed by atoms with E-state index in [9.17, 15) is 26.3 Å². The van der Waals surface area contributed by atoms with Crippen LogP contribution in [0.1, 0.15) is 13.8 Å². The Morgan fingerprint density at radius 1 is 1.14 bits per heavy atom. The van der Waals surface area contributed by atoms with Crippen molar-refractivity contribution in [2.45, 2.75) is 25.9 Å². The molecule has 0 atom stereocenters. The smallest absolute Gasteiger partial charge is 0.387 e. The molecule has 0 amide bonds. The highest BCUT2D eigenvalue weighted by atomic mass is 19.4. The van der Waals surface area contributed by atoms with Crippen LogP contribution in [0, 0.1) is 0 Å². The number of hydrogen-bond acceptors (Lipinski definition) is 1. The Balaban J connectivity index is 5.00. The van der Waals surface area contributed by atoms with Gasteiger partial charge in [0.05, 0.1) is 0 Å². The maximum atomic E-state index is 12.6. The molecule has 14 heavy (non-hydrogen) atoms. The van der Waals surface area contributed by atoms with E-state index in [1.165, 1.54) is 6.92 Å². The lowest BCUT2D eigenvalue weighted by molar-refractivity contribution is -0.271. The van der Waals surface area contributed by atoms with Crippen molar-refractivity contribution in [2.75, 3.05) is 6.54 Å². The highest BCUT2D eigenvalue weighted by molar-refractivity contribution is 5.14. The molecule has 0 saturated heterocycles. The molecular formula is C7H9F6N. The van der Waals surface area contributed by atoms with Crippen LogP contribution in [-0.4, -0.2) is 18.6 Å². The third kappa shape index (κ3) is 2.55. The standard InChI is InChI=1S/C7H9F6N/c1-3-14-4(2)5(8)6(9,10)7(11,12)13/h14H,3H2,1-2H3. The lowest BCUT2D eigenvalue weighted by Crippen LogP contribution is -2.38. The minimum atomic E-state index is -5.91. The third-order valence-corrected chi connectivity index (χ3v) is 1.40. The summed E-state index contributed by atoms with van der Waals surface area (Å²) < 4.78 is 72.1. The highest BCUT2D eigenvalue weighted by Crippen LogP contribution is 2.42. The summed E-state index contributed by atoms with van der Waals surface area (Å²) in [4.78, 5) is 0. The van der Waals surface area contributed by atoms with Crippen molar-refractivity contribution in [1.29, 1.82) is 0 Å². The quantitative estimate of drug-likeness (QED) is 0.722. The first-order chi connectivity index (χ1) is 6.14. The molecule has 0 aromatic carbocycles. The summed E-state index contributed by atoms with van der Waals surface area (Å²) in [7, 11) is 0. The molecule has 0 aliphatic rings. The van der Waals surface area contributed by atoms with E-state index in [2.05, 4.69) is 0 Å². The molecule has 0 fully saturated rings. The van der Waals surface area contributed by atoms with E-state index < -0.39 is 23.6 Å². The van der Waals surface area contributed by atoms with Gasteiger partial charge in [0.25, 0.3) is 0 Å². The van der Waals surface area contributed by atoms with Gasteiger partial charge in [0, 0.05) is 12.2 Å². The average Bonchev–Trinajstić information content (AvgIpc) is 2.01. The predicted molar refractivity (Wildman–Crippen MR) is 38.5 cm³/mol. The first kappa shape index (κ1) is 13.1. The molecule has 0 rings (SSSR count). The second kappa shape index (κ2) is 4.10. The summed E-state index contributed by atoms with van der Waals surface area (Å²) in [6.07, 6.45) is -5.91. The molecule has 0 unspecified atom stereocenters. The molecule has 0 aliphatic heterocycles. The predicted octanol–water partition coefficient (Wildman–Crippen LogP) is 2.99. The van der Waals surface area contributed by atoms with E-state index >= 15 is 0 Å². The highest BCUT2D eigenvalue weighted by Gasteiger charge is 2.61. The van der Waals surface area contributed by atoms with Crippen LogP contribution in [-0.2, 0) is 0 Å². The summed E-state index contributed by atoms with van der Waals surface area (Å²) in [5.41, 5.74) is -0.810. The zero-order valence-corrected chi connectivity index (χ0v) is 7.47. The van der Waals surface area contributed by atoms with Crippen LogP contribution >= 0.6 is 0 Å². The monoisotopic (exact) mass is 221 g/mol.